The SMILES string of the molecule is C=Cc1c[nH]c2cc(OCc3ccccc3)ccc12. The van der Waals surface area contributed by atoms with Gasteiger partial charge in [-0.1, -0.05) is 43.0 Å². The van der Waals surface area contributed by atoms with Crippen LogP contribution in [0, 0.1) is 0 Å². The van der Waals surface area contributed by atoms with E-state index in [1.807, 2.05) is 42.6 Å². The number of H-pyrrole nitrogens is 1. The number of rotatable bonds is 4. The molecule has 0 aliphatic rings. The fourth-order valence-corrected chi connectivity index (χ4v) is 2.13. The van der Waals surface area contributed by atoms with Crippen molar-refractivity contribution in [2.75, 3.05) is 0 Å². The molecular formula is C17H15NO. The van der Waals surface area contributed by atoms with E-state index in [9.17, 15) is 0 Å². The van der Waals surface area contributed by atoms with Crippen molar-refractivity contribution < 1.29 is 4.74 Å². The first-order chi connectivity index (χ1) is 9.36. The topological polar surface area (TPSA) is 25.0 Å². The number of aromatic nitrogens is 1. The highest BCUT2D eigenvalue weighted by Gasteiger charge is 2.02. The van der Waals surface area contributed by atoms with Crippen molar-refractivity contribution in [2.45, 2.75) is 6.61 Å². The molecule has 1 aromatic heterocycles. The summed E-state index contributed by atoms with van der Waals surface area (Å²) in [6.45, 7) is 4.39. The third-order valence-corrected chi connectivity index (χ3v) is 3.15. The van der Waals surface area contributed by atoms with Crippen LogP contribution in [0.2, 0.25) is 0 Å². The van der Waals surface area contributed by atoms with Gasteiger partial charge in [0.25, 0.3) is 0 Å². The smallest absolute Gasteiger partial charge is 0.121 e. The minimum absolute atomic E-state index is 0.585. The summed E-state index contributed by atoms with van der Waals surface area (Å²) >= 11 is 0. The average Bonchev–Trinajstić information content (AvgIpc) is 2.88. The van der Waals surface area contributed by atoms with Gasteiger partial charge in [-0.05, 0) is 23.3 Å². The van der Waals surface area contributed by atoms with Gasteiger partial charge >= 0.3 is 0 Å². The molecule has 2 aromatic carbocycles. The lowest BCUT2D eigenvalue weighted by molar-refractivity contribution is 0.306. The molecule has 3 rings (SSSR count). The summed E-state index contributed by atoms with van der Waals surface area (Å²) in [6, 6.07) is 16.2. The second-order valence-corrected chi connectivity index (χ2v) is 4.43. The van der Waals surface area contributed by atoms with E-state index >= 15 is 0 Å². The van der Waals surface area contributed by atoms with Gasteiger partial charge in [-0.2, -0.15) is 0 Å². The average molecular weight is 249 g/mol. The summed E-state index contributed by atoms with van der Waals surface area (Å²) in [5, 5.41) is 1.17. The maximum Gasteiger partial charge on any atom is 0.121 e. The van der Waals surface area contributed by atoms with Gasteiger partial charge in [0, 0.05) is 23.2 Å². The second-order valence-electron chi connectivity index (χ2n) is 4.43. The Morgan fingerprint density at radius 2 is 1.95 bits per heavy atom. The van der Waals surface area contributed by atoms with Gasteiger partial charge in [0.15, 0.2) is 0 Å². The fraction of sp³-hybridized carbons (Fsp3) is 0.0588. The van der Waals surface area contributed by atoms with Crippen molar-refractivity contribution in [3.05, 3.63) is 72.4 Å². The van der Waals surface area contributed by atoms with Crippen molar-refractivity contribution in [2.24, 2.45) is 0 Å². The quantitative estimate of drug-likeness (QED) is 0.728. The molecule has 0 aliphatic heterocycles. The van der Waals surface area contributed by atoms with E-state index in [1.165, 1.54) is 10.9 Å². The van der Waals surface area contributed by atoms with Gasteiger partial charge in [-0.25, -0.2) is 0 Å². The highest BCUT2D eigenvalue weighted by atomic mass is 16.5. The molecule has 1 N–H and O–H groups in total. The highest BCUT2D eigenvalue weighted by molar-refractivity contribution is 5.89. The fourth-order valence-electron chi connectivity index (χ4n) is 2.13. The minimum Gasteiger partial charge on any atom is -0.489 e. The lowest BCUT2D eigenvalue weighted by atomic mass is 10.1. The van der Waals surface area contributed by atoms with Crippen LogP contribution in [0.3, 0.4) is 0 Å². The zero-order valence-corrected chi connectivity index (χ0v) is 10.6. The first kappa shape index (κ1) is 11.6. The molecular weight excluding hydrogens is 234 g/mol. The van der Waals surface area contributed by atoms with Gasteiger partial charge in [0.1, 0.15) is 12.4 Å². The maximum atomic E-state index is 5.80. The molecule has 0 unspecified atom stereocenters. The number of hydrogen-bond acceptors (Lipinski definition) is 1. The van der Waals surface area contributed by atoms with Crippen molar-refractivity contribution in [1.82, 2.24) is 4.98 Å². The molecule has 0 radical (unpaired) electrons. The molecule has 0 spiro atoms. The molecule has 0 fully saturated rings. The molecule has 2 nitrogen and oxygen atoms in total. The Balaban J connectivity index is 1.80. The predicted molar refractivity (Wildman–Crippen MR) is 79.2 cm³/mol. The number of fused-ring (bicyclic) bond motifs is 1. The lowest BCUT2D eigenvalue weighted by Crippen LogP contribution is -1.94. The van der Waals surface area contributed by atoms with Gasteiger partial charge in [-0.15, -0.1) is 0 Å². The van der Waals surface area contributed by atoms with Crippen molar-refractivity contribution in [3.63, 3.8) is 0 Å². The molecule has 1 heterocycles. The number of benzene rings is 2. The first-order valence-electron chi connectivity index (χ1n) is 6.27. The summed E-state index contributed by atoms with van der Waals surface area (Å²) < 4.78 is 5.80. The van der Waals surface area contributed by atoms with Crippen LogP contribution >= 0.6 is 0 Å². The molecule has 19 heavy (non-hydrogen) atoms. The van der Waals surface area contributed by atoms with Gasteiger partial charge in [-0.3, -0.25) is 0 Å². The van der Waals surface area contributed by atoms with E-state index in [4.69, 9.17) is 4.74 Å². The van der Waals surface area contributed by atoms with Gasteiger partial charge in [0.2, 0.25) is 0 Å². The van der Waals surface area contributed by atoms with E-state index in [2.05, 4.69) is 29.8 Å². The van der Waals surface area contributed by atoms with Crippen LogP contribution in [0.25, 0.3) is 17.0 Å². The largest absolute Gasteiger partial charge is 0.489 e. The summed E-state index contributed by atoms with van der Waals surface area (Å²) in [7, 11) is 0. The van der Waals surface area contributed by atoms with E-state index in [1.54, 1.807) is 0 Å². The minimum atomic E-state index is 0.585. The van der Waals surface area contributed by atoms with Crippen LogP contribution in [0.5, 0.6) is 5.75 Å². The van der Waals surface area contributed by atoms with Gasteiger partial charge < -0.3 is 9.72 Å². The van der Waals surface area contributed by atoms with E-state index in [-0.39, 0.29) is 0 Å². The Morgan fingerprint density at radius 3 is 2.74 bits per heavy atom. The zero-order chi connectivity index (χ0) is 13.1. The Labute approximate surface area is 112 Å². The van der Waals surface area contributed by atoms with Crippen LogP contribution in [0.4, 0.5) is 0 Å². The molecule has 94 valence electrons. The van der Waals surface area contributed by atoms with Crippen molar-refractivity contribution >= 4 is 17.0 Å². The summed E-state index contributed by atoms with van der Waals surface area (Å²) in [5.74, 6) is 0.869. The molecule has 2 heteroatoms. The molecule has 0 amide bonds. The van der Waals surface area contributed by atoms with Crippen LogP contribution in [-0.4, -0.2) is 4.98 Å². The Morgan fingerprint density at radius 1 is 1.11 bits per heavy atom. The van der Waals surface area contributed by atoms with Gasteiger partial charge in [0.05, 0.1) is 0 Å². The zero-order valence-electron chi connectivity index (χ0n) is 10.6. The molecule has 0 saturated heterocycles. The first-order valence-corrected chi connectivity index (χ1v) is 6.27. The summed E-state index contributed by atoms with van der Waals surface area (Å²) in [4.78, 5) is 3.23. The number of hydrogen-bond donors (Lipinski definition) is 1. The number of ether oxygens (including phenoxy) is 1. The number of nitrogens with one attached hydrogen (secondary N) is 1. The van der Waals surface area contributed by atoms with Crippen LogP contribution < -0.4 is 4.74 Å². The molecule has 0 bridgehead atoms. The Hall–Kier alpha value is -2.48. The number of aromatic amines is 1. The van der Waals surface area contributed by atoms with Crippen molar-refractivity contribution in [3.8, 4) is 5.75 Å². The molecule has 0 atom stereocenters. The summed E-state index contributed by atoms with van der Waals surface area (Å²) in [5.41, 5.74) is 3.35. The third kappa shape index (κ3) is 2.38. The van der Waals surface area contributed by atoms with E-state index < -0.39 is 0 Å². The highest BCUT2D eigenvalue weighted by Crippen LogP contribution is 2.24. The van der Waals surface area contributed by atoms with Crippen LogP contribution in [-0.2, 0) is 6.61 Å². The Kier molecular flexibility index (Phi) is 3.07. The van der Waals surface area contributed by atoms with E-state index in [0.717, 1.165) is 16.8 Å². The Bertz CT molecular complexity index is 698. The standard InChI is InChI=1S/C17H15NO/c1-2-14-11-18-17-10-15(8-9-16(14)17)19-12-13-6-4-3-5-7-13/h2-11,18H,1,12H2. The molecule has 0 aliphatic carbocycles. The second kappa shape index (κ2) is 5.02. The van der Waals surface area contributed by atoms with Crippen LogP contribution in [0.1, 0.15) is 11.1 Å². The normalized spacial score (nSPS) is 10.5. The third-order valence-electron chi connectivity index (χ3n) is 3.15. The van der Waals surface area contributed by atoms with Crippen molar-refractivity contribution in [1.29, 1.82) is 0 Å². The molecule has 0 saturated carbocycles. The monoisotopic (exact) mass is 249 g/mol. The molecule has 3 aromatic rings. The maximum absolute atomic E-state index is 5.80. The summed E-state index contributed by atoms with van der Waals surface area (Å²) in [6.07, 6.45) is 3.81. The lowest BCUT2D eigenvalue weighted by Gasteiger charge is -2.06. The van der Waals surface area contributed by atoms with Crippen LogP contribution in [0.15, 0.2) is 61.3 Å². The predicted octanol–water partition coefficient (Wildman–Crippen LogP) is 4.39. The van der Waals surface area contributed by atoms with E-state index in [0.29, 0.717) is 6.61 Å².